The van der Waals surface area contributed by atoms with Crippen molar-refractivity contribution in [2.24, 2.45) is 4.99 Å². The SMILES string of the molecule is O=C1CC(c2ccc(F)cc2)CC2=C1C=NC1CCCCC1N2. The molecule has 1 fully saturated rings. The highest BCUT2D eigenvalue weighted by atomic mass is 19.1. The second-order valence-corrected chi connectivity index (χ2v) is 6.85. The van der Waals surface area contributed by atoms with Gasteiger partial charge in [-0.15, -0.1) is 0 Å². The van der Waals surface area contributed by atoms with Crippen molar-refractivity contribution < 1.29 is 9.18 Å². The van der Waals surface area contributed by atoms with Crippen molar-refractivity contribution in [2.45, 2.75) is 56.5 Å². The van der Waals surface area contributed by atoms with Crippen molar-refractivity contribution in [1.82, 2.24) is 5.32 Å². The van der Waals surface area contributed by atoms with E-state index in [0.29, 0.717) is 18.5 Å². The van der Waals surface area contributed by atoms with E-state index in [0.717, 1.165) is 36.1 Å². The molecule has 4 rings (SSSR count). The van der Waals surface area contributed by atoms with Gasteiger partial charge >= 0.3 is 0 Å². The number of Topliss-reactive ketones (excluding diaryl/α,β-unsaturated/α-hetero) is 1. The molecule has 1 aromatic carbocycles. The van der Waals surface area contributed by atoms with Gasteiger partial charge < -0.3 is 5.32 Å². The summed E-state index contributed by atoms with van der Waals surface area (Å²) in [4.78, 5) is 17.2. The first-order chi connectivity index (χ1) is 11.2. The fourth-order valence-electron chi connectivity index (χ4n) is 4.04. The molecule has 0 spiro atoms. The highest BCUT2D eigenvalue weighted by Gasteiger charge is 2.33. The fourth-order valence-corrected chi connectivity index (χ4v) is 4.04. The van der Waals surface area contributed by atoms with Gasteiger partial charge in [-0.05, 0) is 42.9 Å². The zero-order valence-corrected chi connectivity index (χ0v) is 13.1. The molecular formula is C19H21FN2O. The summed E-state index contributed by atoms with van der Waals surface area (Å²) in [5.74, 6) is 0.0407. The Morgan fingerprint density at radius 3 is 2.70 bits per heavy atom. The predicted octanol–water partition coefficient (Wildman–Crippen LogP) is 3.51. The lowest BCUT2D eigenvalue weighted by molar-refractivity contribution is -0.115. The molecule has 3 atom stereocenters. The molecule has 23 heavy (non-hydrogen) atoms. The third kappa shape index (κ3) is 2.82. The van der Waals surface area contributed by atoms with Gasteiger partial charge in [0, 0.05) is 24.4 Å². The van der Waals surface area contributed by atoms with Crippen LogP contribution < -0.4 is 5.32 Å². The molecule has 3 unspecified atom stereocenters. The number of hydrogen-bond acceptors (Lipinski definition) is 3. The second kappa shape index (κ2) is 5.91. The molecule has 1 aromatic rings. The summed E-state index contributed by atoms with van der Waals surface area (Å²) in [6.07, 6.45) is 7.76. The number of carbonyl (C=O) groups excluding carboxylic acids is 1. The molecule has 0 saturated heterocycles. The molecule has 0 aromatic heterocycles. The average molecular weight is 312 g/mol. The lowest BCUT2D eigenvalue weighted by atomic mass is 9.81. The Kier molecular flexibility index (Phi) is 3.76. The average Bonchev–Trinajstić information content (AvgIpc) is 2.74. The Balaban J connectivity index is 1.61. The van der Waals surface area contributed by atoms with E-state index in [1.807, 2.05) is 6.21 Å². The summed E-state index contributed by atoms with van der Waals surface area (Å²) in [5, 5.41) is 3.62. The normalized spacial score (nSPS) is 30.3. The minimum absolute atomic E-state index is 0.128. The molecule has 1 heterocycles. The maximum Gasteiger partial charge on any atom is 0.166 e. The smallest absolute Gasteiger partial charge is 0.166 e. The summed E-state index contributed by atoms with van der Waals surface area (Å²) in [7, 11) is 0. The van der Waals surface area contributed by atoms with Crippen LogP contribution in [0.25, 0.3) is 0 Å². The van der Waals surface area contributed by atoms with Crippen molar-refractivity contribution in [3.8, 4) is 0 Å². The lowest BCUT2D eigenvalue weighted by Crippen LogP contribution is -2.41. The highest BCUT2D eigenvalue weighted by Crippen LogP contribution is 2.35. The molecule has 0 bridgehead atoms. The fraction of sp³-hybridized carbons (Fsp3) is 0.474. The first-order valence-corrected chi connectivity index (χ1v) is 8.52. The molecule has 3 nitrogen and oxygen atoms in total. The van der Waals surface area contributed by atoms with Gasteiger partial charge in [-0.1, -0.05) is 25.0 Å². The van der Waals surface area contributed by atoms with Crippen molar-refractivity contribution in [2.75, 3.05) is 0 Å². The quantitative estimate of drug-likeness (QED) is 0.862. The van der Waals surface area contributed by atoms with Gasteiger partial charge in [0.25, 0.3) is 0 Å². The van der Waals surface area contributed by atoms with Crippen LogP contribution in [0.5, 0.6) is 0 Å². The third-order valence-corrected chi connectivity index (χ3v) is 5.33. The summed E-state index contributed by atoms with van der Waals surface area (Å²) < 4.78 is 13.1. The molecule has 120 valence electrons. The Hall–Kier alpha value is -1.97. The number of nitrogens with zero attached hydrogens (tertiary/aromatic N) is 1. The maximum absolute atomic E-state index is 13.1. The molecular weight excluding hydrogens is 291 g/mol. The predicted molar refractivity (Wildman–Crippen MR) is 88.1 cm³/mol. The minimum atomic E-state index is -0.236. The zero-order valence-electron chi connectivity index (χ0n) is 13.1. The van der Waals surface area contributed by atoms with E-state index in [4.69, 9.17) is 0 Å². The summed E-state index contributed by atoms with van der Waals surface area (Å²) in [6.45, 7) is 0. The lowest BCUT2D eigenvalue weighted by Gasteiger charge is -2.32. The van der Waals surface area contributed by atoms with Gasteiger partial charge in [-0.2, -0.15) is 0 Å². The number of halogens is 1. The summed E-state index contributed by atoms with van der Waals surface area (Å²) >= 11 is 0. The van der Waals surface area contributed by atoms with Crippen LogP contribution in [0.3, 0.4) is 0 Å². The third-order valence-electron chi connectivity index (χ3n) is 5.33. The number of benzene rings is 1. The van der Waals surface area contributed by atoms with Crippen LogP contribution in [-0.4, -0.2) is 24.1 Å². The van der Waals surface area contributed by atoms with Crippen LogP contribution in [0.2, 0.25) is 0 Å². The van der Waals surface area contributed by atoms with E-state index in [1.165, 1.54) is 25.0 Å². The topological polar surface area (TPSA) is 41.5 Å². The monoisotopic (exact) mass is 312 g/mol. The van der Waals surface area contributed by atoms with Crippen LogP contribution in [-0.2, 0) is 4.79 Å². The van der Waals surface area contributed by atoms with Crippen LogP contribution in [0.15, 0.2) is 40.5 Å². The first kappa shape index (κ1) is 14.6. The zero-order chi connectivity index (χ0) is 15.8. The van der Waals surface area contributed by atoms with Gasteiger partial charge in [0.2, 0.25) is 0 Å². The van der Waals surface area contributed by atoms with E-state index in [-0.39, 0.29) is 17.5 Å². The summed E-state index contributed by atoms with van der Waals surface area (Å²) in [6, 6.07) is 7.20. The molecule has 1 saturated carbocycles. The van der Waals surface area contributed by atoms with Crippen LogP contribution >= 0.6 is 0 Å². The molecule has 0 amide bonds. The van der Waals surface area contributed by atoms with Crippen LogP contribution in [0.1, 0.15) is 50.0 Å². The molecule has 4 heteroatoms. The molecule has 1 N–H and O–H groups in total. The van der Waals surface area contributed by atoms with E-state index < -0.39 is 0 Å². The van der Waals surface area contributed by atoms with Gasteiger partial charge in [0.05, 0.1) is 11.6 Å². The molecule has 0 radical (unpaired) electrons. The van der Waals surface area contributed by atoms with Gasteiger partial charge in [0.15, 0.2) is 5.78 Å². The standard InChI is InChI=1S/C19H21FN2O/c20-14-7-5-12(6-8-14)13-9-18-15(19(23)10-13)11-21-16-3-1-2-4-17(16)22-18/h5-8,11,13,16-17,22H,1-4,9-10H2. The molecule has 3 aliphatic rings. The first-order valence-electron chi connectivity index (χ1n) is 8.52. The summed E-state index contributed by atoms with van der Waals surface area (Å²) in [5.41, 5.74) is 2.83. The van der Waals surface area contributed by atoms with E-state index in [2.05, 4.69) is 10.3 Å². The van der Waals surface area contributed by atoms with E-state index >= 15 is 0 Å². The Morgan fingerprint density at radius 1 is 1.09 bits per heavy atom. The van der Waals surface area contributed by atoms with Crippen molar-refractivity contribution in [3.05, 3.63) is 46.9 Å². The number of nitrogens with one attached hydrogen (secondary N) is 1. The van der Waals surface area contributed by atoms with Crippen molar-refractivity contribution in [1.29, 1.82) is 0 Å². The Morgan fingerprint density at radius 2 is 1.87 bits per heavy atom. The van der Waals surface area contributed by atoms with E-state index in [9.17, 15) is 9.18 Å². The number of allylic oxidation sites excluding steroid dienone is 2. The Labute approximate surface area is 135 Å². The number of aliphatic imine (C=N–C) groups is 1. The van der Waals surface area contributed by atoms with Crippen molar-refractivity contribution >= 4 is 12.0 Å². The number of carbonyl (C=O) groups is 1. The van der Waals surface area contributed by atoms with E-state index in [1.54, 1.807) is 12.1 Å². The number of rotatable bonds is 1. The largest absolute Gasteiger partial charge is 0.383 e. The van der Waals surface area contributed by atoms with Gasteiger partial charge in [-0.3, -0.25) is 9.79 Å². The number of fused-ring (bicyclic) bond motifs is 1. The maximum atomic E-state index is 13.1. The molecule has 2 aliphatic carbocycles. The number of ketones is 1. The number of hydrogen-bond donors (Lipinski definition) is 1. The molecule has 1 aliphatic heterocycles. The van der Waals surface area contributed by atoms with Gasteiger partial charge in [0.1, 0.15) is 5.82 Å². The van der Waals surface area contributed by atoms with Gasteiger partial charge in [-0.25, -0.2) is 4.39 Å². The minimum Gasteiger partial charge on any atom is -0.383 e. The van der Waals surface area contributed by atoms with Crippen molar-refractivity contribution in [3.63, 3.8) is 0 Å². The second-order valence-electron chi connectivity index (χ2n) is 6.85. The van der Waals surface area contributed by atoms with Crippen LogP contribution in [0, 0.1) is 5.82 Å². The highest BCUT2D eigenvalue weighted by molar-refractivity contribution is 6.15. The Bertz CT molecular complexity index is 677. The van der Waals surface area contributed by atoms with Crippen LogP contribution in [0.4, 0.5) is 4.39 Å².